The van der Waals surface area contributed by atoms with Gasteiger partial charge in [0, 0.05) is 19.6 Å². The lowest BCUT2D eigenvalue weighted by Crippen LogP contribution is -3.00. The van der Waals surface area contributed by atoms with Gasteiger partial charge in [-0.05, 0) is 12.8 Å². The van der Waals surface area contributed by atoms with Gasteiger partial charge in [0.05, 0.1) is 20.7 Å². The SMILES string of the molecule is CCCCCCCCCCCCCCCCOCC[N+](C)(C)CN1CCCC1=O.[Cl-]. The number of nitrogens with zero attached hydrogens (tertiary/aromatic N) is 2. The predicted molar refractivity (Wildman–Crippen MR) is 124 cm³/mol. The van der Waals surface area contributed by atoms with Gasteiger partial charge >= 0.3 is 0 Å². The van der Waals surface area contributed by atoms with Crippen molar-refractivity contribution in [3.05, 3.63) is 0 Å². The van der Waals surface area contributed by atoms with E-state index in [1.807, 2.05) is 4.90 Å². The fourth-order valence-corrected chi connectivity index (χ4v) is 4.20. The van der Waals surface area contributed by atoms with E-state index in [1.165, 1.54) is 89.9 Å². The van der Waals surface area contributed by atoms with E-state index in [9.17, 15) is 4.79 Å². The molecule has 0 saturated carbocycles. The number of halogens is 1. The summed E-state index contributed by atoms with van der Waals surface area (Å²) in [6, 6.07) is 0. The highest BCUT2D eigenvalue weighted by molar-refractivity contribution is 5.77. The number of likely N-dealkylation sites (N-methyl/N-ethyl adjacent to an activating group) is 1. The molecule has 0 radical (unpaired) electrons. The van der Waals surface area contributed by atoms with E-state index in [4.69, 9.17) is 4.74 Å². The second-order valence-corrected chi connectivity index (χ2v) is 9.77. The monoisotopic (exact) mass is 446 g/mol. The predicted octanol–water partition coefficient (Wildman–Crippen LogP) is 3.14. The van der Waals surface area contributed by atoms with Crippen molar-refractivity contribution in [1.29, 1.82) is 0 Å². The molecule has 5 heteroatoms. The second-order valence-electron chi connectivity index (χ2n) is 9.77. The lowest BCUT2D eigenvalue weighted by molar-refractivity contribution is -0.899. The van der Waals surface area contributed by atoms with Gasteiger partial charge < -0.3 is 21.6 Å². The van der Waals surface area contributed by atoms with Gasteiger partial charge in [0.15, 0.2) is 6.67 Å². The summed E-state index contributed by atoms with van der Waals surface area (Å²) >= 11 is 0. The number of quaternary nitrogens is 1. The summed E-state index contributed by atoms with van der Waals surface area (Å²) in [6.07, 6.45) is 21.3. The van der Waals surface area contributed by atoms with Crippen LogP contribution in [0.2, 0.25) is 0 Å². The van der Waals surface area contributed by atoms with E-state index in [1.54, 1.807) is 0 Å². The first-order valence-electron chi connectivity index (χ1n) is 12.7. The highest BCUT2D eigenvalue weighted by Crippen LogP contribution is 2.14. The van der Waals surface area contributed by atoms with Crippen LogP contribution in [-0.2, 0) is 9.53 Å². The van der Waals surface area contributed by atoms with Gasteiger partial charge in [-0.25, -0.2) is 0 Å². The number of carbonyl (C=O) groups excluding carboxylic acids is 1. The smallest absolute Gasteiger partial charge is 0.226 e. The zero-order valence-electron chi connectivity index (χ0n) is 20.4. The lowest BCUT2D eigenvalue weighted by atomic mass is 10.0. The summed E-state index contributed by atoms with van der Waals surface area (Å²) in [5.74, 6) is 0.319. The first-order chi connectivity index (χ1) is 14.0. The lowest BCUT2D eigenvalue weighted by Gasteiger charge is -2.33. The molecular weight excluding hydrogens is 396 g/mol. The number of amides is 1. The Hall–Kier alpha value is -0.320. The van der Waals surface area contributed by atoms with Crippen molar-refractivity contribution in [2.24, 2.45) is 0 Å². The minimum absolute atomic E-state index is 0. The third-order valence-corrected chi connectivity index (χ3v) is 6.21. The van der Waals surface area contributed by atoms with E-state index >= 15 is 0 Å². The van der Waals surface area contributed by atoms with E-state index in [2.05, 4.69) is 21.0 Å². The van der Waals surface area contributed by atoms with Crippen LogP contribution in [0.4, 0.5) is 0 Å². The summed E-state index contributed by atoms with van der Waals surface area (Å²) in [7, 11) is 4.39. The molecule has 0 aromatic heterocycles. The average molecular weight is 447 g/mol. The molecule has 1 amide bonds. The summed E-state index contributed by atoms with van der Waals surface area (Å²) in [5.41, 5.74) is 0. The topological polar surface area (TPSA) is 29.5 Å². The summed E-state index contributed by atoms with van der Waals surface area (Å²) in [6.45, 7) is 6.70. The summed E-state index contributed by atoms with van der Waals surface area (Å²) in [5, 5.41) is 0. The van der Waals surface area contributed by atoms with Crippen molar-refractivity contribution in [1.82, 2.24) is 4.90 Å². The molecular formula is C25H51ClN2O2. The molecule has 0 aliphatic carbocycles. The van der Waals surface area contributed by atoms with Crippen LogP contribution in [0.15, 0.2) is 0 Å². The number of hydrogen-bond acceptors (Lipinski definition) is 2. The molecule has 0 unspecified atom stereocenters. The number of unbranched alkanes of at least 4 members (excludes halogenated alkanes) is 13. The van der Waals surface area contributed by atoms with Crippen molar-refractivity contribution in [2.75, 3.05) is 47.1 Å². The Morgan fingerprint density at radius 1 is 0.800 bits per heavy atom. The molecule has 0 aromatic carbocycles. The molecule has 180 valence electrons. The molecule has 1 fully saturated rings. The van der Waals surface area contributed by atoms with Gasteiger partial charge in [-0.2, -0.15) is 0 Å². The second kappa shape index (κ2) is 19.4. The first kappa shape index (κ1) is 29.7. The van der Waals surface area contributed by atoms with E-state index in [0.717, 1.165) is 50.3 Å². The van der Waals surface area contributed by atoms with Crippen LogP contribution in [0.25, 0.3) is 0 Å². The molecule has 4 nitrogen and oxygen atoms in total. The van der Waals surface area contributed by atoms with Crippen LogP contribution in [0, 0.1) is 0 Å². The highest BCUT2D eigenvalue weighted by Gasteiger charge is 2.27. The molecule has 1 saturated heterocycles. The zero-order valence-corrected chi connectivity index (χ0v) is 21.2. The van der Waals surface area contributed by atoms with Gasteiger partial charge in [0.1, 0.15) is 6.54 Å². The van der Waals surface area contributed by atoms with Gasteiger partial charge in [0.25, 0.3) is 0 Å². The molecule has 0 bridgehead atoms. The fourth-order valence-electron chi connectivity index (χ4n) is 4.20. The molecule has 0 N–H and O–H groups in total. The Kier molecular flexibility index (Phi) is 19.2. The maximum atomic E-state index is 11.8. The number of ether oxygens (including phenoxy) is 1. The number of hydrogen-bond donors (Lipinski definition) is 0. The molecule has 0 atom stereocenters. The molecule has 0 aromatic rings. The van der Waals surface area contributed by atoms with E-state index < -0.39 is 0 Å². The normalized spacial score (nSPS) is 14.4. The molecule has 1 heterocycles. The number of likely N-dealkylation sites (tertiary alicyclic amines) is 1. The Bertz CT molecular complexity index is 405. The quantitative estimate of drug-likeness (QED) is 0.212. The van der Waals surface area contributed by atoms with Crippen molar-refractivity contribution < 1.29 is 26.4 Å². The Morgan fingerprint density at radius 3 is 1.77 bits per heavy atom. The van der Waals surface area contributed by atoms with Gasteiger partial charge in [0.2, 0.25) is 5.91 Å². The van der Waals surface area contributed by atoms with E-state index in [0.29, 0.717) is 5.91 Å². The van der Waals surface area contributed by atoms with Crippen LogP contribution in [0.1, 0.15) is 110 Å². The average Bonchev–Trinajstić information content (AvgIpc) is 3.08. The van der Waals surface area contributed by atoms with Crippen LogP contribution in [0.3, 0.4) is 0 Å². The Morgan fingerprint density at radius 2 is 1.30 bits per heavy atom. The zero-order chi connectivity index (χ0) is 21.2. The highest BCUT2D eigenvalue weighted by atomic mass is 35.5. The Labute approximate surface area is 194 Å². The van der Waals surface area contributed by atoms with E-state index in [-0.39, 0.29) is 12.4 Å². The fraction of sp³-hybridized carbons (Fsp3) is 0.960. The van der Waals surface area contributed by atoms with Crippen molar-refractivity contribution in [3.63, 3.8) is 0 Å². The van der Waals surface area contributed by atoms with Crippen LogP contribution in [0.5, 0.6) is 0 Å². The molecule has 1 aliphatic rings. The van der Waals surface area contributed by atoms with Crippen molar-refractivity contribution in [2.45, 2.75) is 110 Å². The molecule has 0 spiro atoms. The van der Waals surface area contributed by atoms with Crippen molar-refractivity contribution in [3.8, 4) is 0 Å². The van der Waals surface area contributed by atoms with Gasteiger partial charge in [-0.3, -0.25) is 9.69 Å². The summed E-state index contributed by atoms with van der Waals surface area (Å²) in [4.78, 5) is 13.8. The molecule has 1 rings (SSSR count). The maximum absolute atomic E-state index is 11.8. The molecule has 1 aliphatic heterocycles. The van der Waals surface area contributed by atoms with Crippen LogP contribution in [-0.4, -0.2) is 62.4 Å². The standard InChI is InChI=1S/C25H51N2O2.ClH/c1-4-5-6-7-8-9-10-11-12-13-14-15-16-17-22-29-23-21-27(2,3)24-26-20-18-19-25(26)28;/h4-24H2,1-3H3;1H/q+1;/p-1. The Balaban J connectivity index is 0.00000841. The third-order valence-electron chi connectivity index (χ3n) is 6.21. The minimum Gasteiger partial charge on any atom is -1.00 e. The van der Waals surface area contributed by atoms with Crippen molar-refractivity contribution >= 4 is 5.91 Å². The van der Waals surface area contributed by atoms with Crippen LogP contribution >= 0.6 is 0 Å². The van der Waals surface area contributed by atoms with Crippen LogP contribution < -0.4 is 12.4 Å². The number of carbonyl (C=O) groups is 1. The van der Waals surface area contributed by atoms with Gasteiger partial charge in [-0.1, -0.05) is 90.4 Å². The first-order valence-corrected chi connectivity index (χ1v) is 12.7. The largest absolute Gasteiger partial charge is 1.00 e. The summed E-state index contributed by atoms with van der Waals surface area (Å²) < 4.78 is 6.69. The van der Waals surface area contributed by atoms with Gasteiger partial charge in [-0.15, -0.1) is 0 Å². The molecule has 30 heavy (non-hydrogen) atoms. The number of rotatable bonds is 20. The third kappa shape index (κ3) is 16.4. The minimum atomic E-state index is 0. The maximum Gasteiger partial charge on any atom is 0.226 e.